The summed E-state index contributed by atoms with van der Waals surface area (Å²) in [4.78, 5) is 25.8. The van der Waals surface area contributed by atoms with E-state index in [0.717, 1.165) is 11.1 Å². The van der Waals surface area contributed by atoms with Crippen LogP contribution in [0, 0.1) is 5.41 Å². The Labute approximate surface area is 158 Å². The van der Waals surface area contributed by atoms with Gasteiger partial charge in [0, 0.05) is 10.8 Å². The standard InChI is InChI=1S/C17H13Cl2N3O2S/c18-11-5-12-14(13(19)6-11)22(16(24)15(12)23)7-9-1-3-10(4-2-9)8-25-17(20)21/h1-6H,7-8H2,(H3,20,21). The number of amides is 1. The van der Waals surface area contributed by atoms with Gasteiger partial charge in [0.05, 0.1) is 22.8 Å². The zero-order valence-electron chi connectivity index (χ0n) is 12.9. The average molecular weight is 394 g/mol. The van der Waals surface area contributed by atoms with Crippen molar-refractivity contribution in [3.63, 3.8) is 0 Å². The van der Waals surface area contributed by atoms with Crippen LogP contribution in [0.2, 0.25) is 10.0 Å². The molecule has 3 rings (SSSR count). The molecule has 1 heterocycles. The molecule has 8 heteroatoms. The lowest BCUT2D eigenvalue weighted by molar-refractivity contribution is -0.114. The Hall–Kier alpha value is -2.02. The lowest BCUT2D eigenvalue weighted by atomic mass is 10.1. The van der Waals surface area contributed by atoms with Gasteiger partial charge in [-0.2, -0.15) is 0 Å². The van der Waals surface area contributed by atoms with E-state index in [4.69, 9.17) is 34.3 Å². The molecule has 1 amide bonds. The Bertz CT molecular complexity index is 884. The van der Waals surface area contributed by atoms with Crippen molar-refractivity contribution < 1.29 is 9.59 Å². The number of hydrogen-bond acceptors (Lipinski definition) is 4. The predicted molar refractivity (Wildman–Crippen MR) is 102 cm³/mol. The Morgan fingerprint density at radius 2 is 1.76 bits per heavy atom. The van der Waals surface area contributed by atoms with Crippen molar-refractivity contribution in [1.82, 2.24) is 0 Å². The number of rotatable bonds is 4. The summed E-state index contributed by atoms with van der Waals surface area (Å²) in [6.07, 6.45) is 0. The summed E-state index contributed by atoms with van der Waals surface area (Å²) in [7, 11) is 0. The summed E-state index contributed by atoms with van der Waals surface area (Å²) in [5.41, 5.74) is 7.83. The Morgan fingerprint density at radius 1 is 1.12 bits per heavy atom. The van der Waals surface area contributed by atoms with E-state index < -0.39 is 11.7 Å². The average Bonchev–Trinajstić information content (AvgIpc) is 2.79. The largest absolute Gasteiger partial charge is 0.379 e. The number of carbonyl (C=O) groups is 2. The summed E-state index contributed by atoms with van der Waals surface area (Å²) in [6.45, 7) is 0.235. The van der Waals surface area contributed by atoms with Crippen LogP contribution in [-0.4, -0.2) is 16.9 Å². The monoisotopic (exact) mass is 393 g/mol. The van der Waals surface area contributed by atoms with Crippen LogP contribution in [0.4, 0.5) is 5.69 Å². The lowest BCUT2D eigenvalue weighted by Crippen LogP contribution is -2.29. The minimum atomic E-state index is -0.615. The van der Waals surface area contributed by atoms with Crippen LogP contribution in [0.5, 0.6) is 0 Å². The maximum atomic E-state index is 12.3. The molecular weight excluding hydrogens is 381 g/mol. The third-order valence-electron chi connectivity index (χ3n) is 3.74. The number of ketones is 1. The van der Waals surface area contributed by atoms with Crippen molar-refractivity contribution in [3.8, 4) is 0 Å². The van der Waals surface area contributed by atoms with E-state index >= 15 is 0 Å². The number of nitrogens with one attached hydrogen (secondary N) is 1. The second-order valence-electron chi connectivity index (χ2n) is 5.47. The molecule has 128 valence electrons. The number of Topliss-reactive ketones (excluding diaryl/α,β-unsaturated/α-hetero) is 1. The first-order valence-electron chi connectivity index (χ1n) is 7.26. The number of anilines is 1. The van der Waals surface area contributed by atoms with Gasteiger partial charge in [-0.25, -0.2) is 0 Å². The molecular formula is C17H13Cl2N3O2S. The summed E-state index contributed by atoms with van der Waals surface area (Å²) >= 11 is 13.4. The maximum absolute atomic E-state index is 12.3. The highest BCUT2D eigenvalue weighted by atomic mass is 35.5. The van der Waals surface area contributed by atoms with Crippen LogP contribution >= 0.6 is 35.0 Å². The highest BCUT2D eigenvalue weighted by Gasteiger charge is 2.37. The number of benzene rings is 2. The number of fused-ring (bicyclic) bond motifs is 1. The fourth-order valence-electron chi connectivity index (χ4n) is 2.59. The zero-order valence-corrected chi connectivity index (χ0v) is 15.2. The van der Waals surface area contributed by atoms with E-state index in [0.29, 0.717) is 16.5 Å². The quantitative estimate of drug-likeness (QED) is 0.469. The second-order valence-corrected chi connectivity index (χ2v) is 7.33. The SMILES string of the molecule is N=C(N)SCc1ccc(CN2C(=O)C(=O)c3cc(Cl)cc(Cl)c32)cc1. The molecule has 0 aliphatic carbocycles. The number of nitrogens with two attached hydrogens (primary N) is 1. The van der Waals surface area contributed by atoms with Gasteiger partial charge in [0.25, 0.3) is 11.7 Å². The van der Waals surface area contributed by atoms with E-state index in [9.17, 15) is 9.59 Å². The molecule has 0 saturated carbocycles. The van der Waals surface area contributed by atoms with Crippen LogP contribution in [0.15, 0.2) is 36.4 Å². The van der Waals surface area contributed by atoms with Crippen LogP contribution in [0.25, 0.3) is 0 Å². The molecule has 0 unspecified atom stereocenters. The van der Waals surface area contributed by atoms with Gasteiger partial charge in [0.2, 0.25) is 0 Å². The Morgan fingerprint density at radius 3 is 2.40 bits per heavy atom. The molecule has 0 radical (unpaired) electrons. The molecule has 25 heavy (non-hydrogen) atoms. The highest BCUT2D eigenvalue weighted by Crippen LogP contribution is 2.39. The predicted octanol–water partition coefficient (Wildman–Crippen LogP) is 3.85. The number of carbonyl (C=O) groups excluding carboxylic acids is 2. The van der Waals surface area contributed by atoms with E-state index in [2.05, 4.69) is 0 Å². The molecule has 3 N–H and O–H groups in total. The van der Waals surface area contributed by atoms with Gasteiger partial charge in [0.1, 0.15) is 0 Å². The van der Waals surface area contributed by atoms with Crippen molar-refractivity contribution >= 4 is 57.5 Å². The molecule has 2 aromatic carbocycles. The topological polar surface area (TPSA) is 87.2 Å². The van der Waals surface area contributed by atoms with Crippen molar-refractivity contribution in [1.29, 1.82) is 5.41 Å². The van der Waals surface area contributed by atoms with Crippen molar-refractivity contribution in [3.05, 3.63) is 63.1 Å². The van der Waals surface area contributed by atoms with Gasteiger partial charge >= 0.3 is 0 Å². The smallest absolute Gasteiger partial charge is 0.299 e. The van der Waals surface area contributed by atoms with Gasteiger partial charge in [-0.1, -0.05) is 59.2 Å². The normalized spacial score (nSPS) is 13.3. The third-order valence-corrected chi connectivity index (χ3v) is 5.04. The fourth-order valence-corrected chi connectivity index (χ4v) is 3.70. The Balaban J connectivity index is 1.83. The van der Waals surface area contributed by atoms with Gasteiger partial charge in [0.15, 0.2) is 5.17 Å². The number of halogens is 2. The third kappa shape index (κ3) is 3.66. The first-order chi connectivity index (χ1) is 11.9. The van der Waals surface area contributed by atoms with E-state index in [1.165, 1.54) is 28.8 Å². The maximum Gasteiger partial charge on any atom is 0.299 e. The molecule has 0 spiro atoms. The summed E-state index contributed by atoms with van der Waals surface area (Å²) in [5, 5.41) is 7.88. The molecule has 0 fully saturated rings. The van der Waals surface area contributed by atoms with Crippen LogP contribution in [0.1, 0.15) is 21.5 Å². The molecule has 0 atom stereocenters. The van der Waals surface area contributed by atoms with Crippen LogP contribution in [0.3, 0.4) is 0 Å². The summed E-state index contributed by atoms with van der Waals surface area (Å²) in [5.74, 6) is -0.617. The number of thioether (sulfide) groups is 1. The molecule has 5 nitrogen and oxygen atoms in total. The van der Waals surface area contributed by atoms with Gasteiger partial charge in [-0.15, -0.1) is 0 Å². The molecule has 1 aliphatic rings. The van der Waals surface area contributed by atoms with Crippen molar-refractivity contribution in [2.75, 3.05) is 4.90 Å². The minimum Gasteiger partial charge on any atom is -0.379 e. The molecule has 0 bridgehead atoms. The van der Waals surface area contributed by atoms with Gasteiger partial charge in [-0.05, 0) is 23.3 Å². The number of amidine groups is 1. The fraction of sp³-hybridized carbons (Fsp3) is 0.118. The first-order valence-corrected chi connectivity index (χ1v) is 9.01. The Kier molecular flexibility index (Phi) is 5.03. The second kappa shape index (κ2) is 7.07. The van der Waals surface area contributed by atoms with Gasteiger partial charge in [-0.3, -0.25) is 19.9 Å². The van der Waals surface area contributed by atoms with E-state index in [1.807, 2.05) is 24.3 Å². The lowest BCUT2D eigenvalue weighted by Gasteiger charge is -2.18. The minimum absolute atomic E-state index is 0.0650. The molecule has 2 aromatic rings. The van der Waals surface area contributed by atoms with Crippen LogP contribution < -0.4 is 10.6 Å². The van der Waals surface area contributed by atoms with Crippen molar-refractivity contribution in [2.24, 2.45) is 5.73 Å². The first kappa shape index (κ1) is 17.8. The van der Waals surface area contributed by atoms with Crippen molar-refractivity contribution in [2.45, 2.75) is 12.3 Å². The van der Waals surface area contributed by atoms with Gasteiger partial charge < -0.3 is 5.73 Å². The number of hydrogen-bond donors (Lipinski definition) is 2. The summed E-state index contributed by atoms with van der Waals surface area (Å²) < 4.78 is 0. The number of nitrogens with zero attached hydrogens (tertiary/aromatic N) is 1. The highest BCUT2D eigenvalue weighted by molar-refractivity contribution is 8.13. The zero-order chi connectivity index (χ0) is 18.1. The molecule has 0 saturated heterocycles. The van der Waals surface area contributed by atoms with E-state index in [-0.39, 0.29) is 22.3 Å². The van der Waals surface area contributed by atoms with E-state index in [1.54, 1.807) is 0 Å². The summed E-state index contributed by atoms with van der Waals surface area (Å²) in [6, 6.07) is 10.5. The molecule has 0 aromatic heterocycles. The molecule has 1 aliphatic heterocycles. The van der Waals surface area contributed by atoms with Crippen LogP contribution in [-0.2, 0) is 17.1 Å².